The number of benzene rings is 4. The summed E-state index contributed by atoms with van der Waals surface area (Å²) >= 11 is 12.9. The van der Waals surface area contributed by atoms with Gasteiger partial charge < -0.3 is 9.47 Å². The molecule has 4 aromatic carbocycles. The van der Waals surface area contributed by atoms with Crippen LogP contribution in [0.4, 0.5) is 5.69 Å². The Morgan fingerprint density at radius 1 is 0.625 bits per heavy atom. The van der Waals surface area contributed by atoms with Crippen LogP contribution in [0.5, 0.6) is 11.5 Å². The smallest absolute Gasteiger partial charge is 0.118 e. The molecule has 4 rings (SSSR count). The molecule has 0 aliphatic carbocycles. The fourth-order valence-corrected chi connectivity index (χ4v) is 7.46. The lowest BCUT2D eigenvalue weighted by Gasteiger charge is -2.27. The van der Waals surface area contributed by atoms with Gasteiger partial charge in [0.25, 0.3) is 0 Å². The van der Waals surface area contributed by atoms with Crippen molar-refractivity contribution in [1.29, 1.82) is 0 Å². The second kappa shape index (κ2) is 9.83. The number of halogens is 2. The lowest BCUT2D eigenvalue weighted by Crippen LogP contribution is -2.25. The van der Waals surface area contributed by atoms with Gasteiger partial charge in [-0.1, -0.05) is 53.5 Å². The predicted octanol–water partition coefficient (Wildman–Crippen LogP) is 6.82. The highest BCUT2D eigenvalue weighted by Gasteiger charge is 2.28. The molecule has 0 saturated carbocycles. The first-order valence-corrected chi connectivity index (χ1v) is 12.5. The van der Waals surface area contributed by atoms with E-state index in [0.29, 0.717) is 15.7 Å². The Bertz CT molecular complexity index is 1210. The number of hydrogen-bond acceptors (Lipinski definition) is 3. The number of hydrogen-bond donors (Lipinski definition) is 0. The molecule has 0 amide bonds. The van der Waals surface area contributed by atoms with E-state index >= 15 is 0 Å². The maximum absolute atomic E-state index is 6.59. The lowest BCUT2D eigenvalue weighted by molar-refractivity contribution is 0.415. The summed E-state index contributed by atoms with van der Waals surface area (Å²) < 4.78 is 16.2. The number of rotatable bonds is 6. The summed E-state index contributed by atoms with van der Waals surface area (Å²) in [4.78, 5) is 0. The van der Waals surface area contributed by atoms with Crippen molar-refractivity contribution < 1.29 is 9.47 Å². The largest absolute Gasteiger partial charge is 0.497 e. The summed E-state index contributed by atoms with van der Waals surface area (Å²) in [5.41, 5.74) is 0.656. The van der Waals surface area contributed by atoms with E-state index < -0.39 is 7.05 Å². The van der Waals surface area contributed by atoms with Gasteiger partial charge in [-0.05, 0) is 66.7 Å². The van der Waals surface area contributed by atoms with Gasteiger partial charge in [-0.2, -0.15) is 0 Å². The zero-order valence-corrected chi connectivity index (χ0v) is 20.1. The van der Waals surface area contributed by atoms with Gasteiger partial charge in [0.1, 0.15) is 11.5 Å². The third kappa shape index (κ3) is 4.42. The number of methoxy groups -OCH3 is 2. The molecule has 162 valence electrons. The standard InChI is InChI=1S/C26H22Cl2NO2P/c1-30-20-9-13-23(14-10-20)32(22-6-4-3-5-7-22,24-15-11-21(31-2)12-16-24)29-26-18-19(27)8-17-25(26)28/h3-18H,1-2H3. The average Bonchev–Trinajstić information content (AvgIpc) is 2.85. The normalized spacial score (nSPS) is 11.1. The van der Waals surface area contributed by atoms with E-state index in [1.54, 1.807) is 26.4 Å². The number of nitrogens with zero attached hydrogens (tertiary/aromatic N) is 1. The van der Waals surface area contributed by atoms with E-state index in [0.717, 1.165) is 27.4 Å². The molecule has 0 bridgehead atoms. The third-order valence-corrected chi connectivity index (χ3v) is 9.39. The first-order chi connectivity index (χ1) is 15.6. The van der Waals surface area contributed by atoms with Crippen molar-refractivity contribution in [2.75, 3.05) is 14.2 Å². The van der Waals surface area contributed by atoms with E-state index in [1.807, 2.05) is 48.5 Å². The average molecular weight is 482 g/mol. The zero-order chi connectivity index (χ0) is 22.6. The van der Waals surface area contributed by atoms with E-state index in [2.05, 4.69) is 36.4 Å². The van der Waals surface area contributed by atoms with Crippen LogP contribution in [-0.4, -0.2) is 14.2 Å². The molecule has 0 saturated heterocycles. The van der Waals surface area contributed by atoms with Gasteiger partial charge in [0, 0.05) is 20.9 Å². The minimum Gasteiger partial charge on any atom is -0.497 e. The van der Waals surface area contributed by atoms with Crippen molar-refractivity contribution in [1.82, 2.24) is 0 Å². The molecular weight excluding hydrogens is 460 g/mol. The molecule has 0 radical (unpaired) electrons. The van der Waals surface area contributed by atoms with E-state index in [-0.39, 0.29) is 0 Å². The molecule has 0 unspecified atom stereocenters. The van der Waals surface area contributed by atoms with Crippen molar-refractivity contribution in [3.8, 4) is 11.5 Å². The summed E-state index contributed by atoms with van der Waals surface area (Å²) in [5.74, 6) is 1.57. The predicted molar refractivity (Wildman–Crippen MR) is 137 cm³/mol. The molecule has 0 N–H and O–H groups in total. The van der Waals surface area contributed by atoms with Gasteiger partial charge in [0.15, 0.2) is 0 Å². The van der Waals surface area contributed by atoms with Crippen molar-refractivity contribution >= 4 is 51.9 Å². The third-order valence-electron chi connectivity index (χ3n) is 5.19. The topological polar surface area (TPSA) is 30.8 Å². The molecule has 0 heterocycles. The van der Waals surface area contributed by atoms with Crippen LogP contribution < -0.4 is 25.4 Å². The van der Waals surface area contributed by atoms with Crippen LogP contribution >= 0.6 is 30.3 Å². The van der Waals surface area contributed by atoms with Gasteiger partial charge in [0.2, 0.25) is 0 Å². The highest BCUT2D eigenvalue weighted by atomic mass is 35.5. The highest BCUT2D eigenvalue weighted by Crippen LogP contribution is 2.51. The fourth-order valence-electron chi connectivity index (χ4n) is 3.58. The van der Waals surface area contributed by atoms with Crippen LogP contribution in [0.1, 0.15) is 0 Å². The summed E-state index contributed by atoms with van der Waals surface area (Å²) in [6, 6.07) is 31.8. The minimum atomic E-state index is -2.51. The summed E-state index contributed by atoms with van der Waals surface area (Å²) in [6.45, 7) is 0. The SMILES string of the molecule is COc1ccc(P(=Nc2cc(Cl)ccc2Cl)(c2ccccc2)c2ccc(OC)cc2)cc1. The Balaban J connectivity index is 2.12. The first kappa shape index (κ1) is 22.5. The van der Waals surface area contributed by atoms with Gasteiger partial charge in [-0.25, -0.2) is 0 Å². The van der Waals surface area contributed by atoms with Crippen LogP contribution in [0.3, 0.4) is 0 Å². The zero-order valence-electron chi connectivity index (χ0n) is 17.7. The van der Waals surface area contributed by atoms with Gasteiger partial charge in [-0.3, -0.25) is 4.74 Å². The second-order valence-electron chi connectivity index (χ2n) is 7.06. The van der Waals surface area contributed by atoms with Crippen molar-refractivity contribution in [2.24, 2.45) is 4.74 Å². The Labute approximate surface area is 198 Å². The van der Waals surface area contributed by atoms with Crippen LogP contribution in [0.2, 0.25) is 10.0 Å². The van der Waals surface area contributed by atoms with Crippen LogP contribution in [0, 0.1) is 0 Å². The maximum Gasteiger partial charge on any atom is 0.118 e. The number of ether oxygens (including phenoxy) is 2. The molecule has 32 heavy (non-hydrogen) atoms. The molecule has 0 spiro atoms. The van der Waals surface area contributed by atoms with Crippen molar-refractivity contribution in [3.05, 3.63) is 107 Å². The Morgan fingerprint density at radius 2 is 1.12 bits per heavy atom. The van der Waals surface area contributed by atoms with E-state index in [1.165, 1.54) is 0 Å². The Morgan fingerprint density at radius 3 is 1.62 bits per heavy atom. The van der Waals surface area contributed by atoms with Crippen LogP contribution in [0.15, 0.2) is 102 Å². The van der Waals surface area contributed by atoms with E-state index in [4.69, 9.17) is 37.4 Å². The van der Waals surface area contributed by atoms with E-state index in [9.17, 15) is 0 Å². The fraction of sp³-hybridized carbons (Fsp3) is 0.0769. The molecule has 0 aromatic heterocycles. The summed E-state index contributed by atoms with van der Waals surface area (Å²) in [5, 5.41) is 4.39. The molecule has 0 aliphatic rings. The maximum atomic E-state index is 6.59. The van der Waals surface area contributed by atoms with Crippen LogP contribution in [-0.2, 0) is 0 Å². The molecule has 6 heteroatoms. The van der Waals surface area contributed by atoms with Gasteiger partial charge in [0.05, 0.1) is 32.0 Å². The summed E-state index contributed by atoms with van der Waals surface area (Å²) in [7, 11) is 0.810. The van der Waals surface area contributed by atoms with Gasteiger partial charge >= 0.3 is 0 Å². The Kier molecular flexibility index (Phi) is 6.91. The molecule has 0 aliphatic heterocycles. The highest BCUT2D eigenvalue weighted by molar-refractivity contribution is 7.87. The monoisotopic (exact) mass is 481 g/mol. The van der Waals surface area contributed by atoms with Crippen LogP contribution in [0.25, 0.3) is 0 Å². The molecule has 4 aromatic rings. The first-order valence-electron chi connectivity index (χ1n) is 9.99. The second-order valence-corrected chi connectivity index (χ2v) is 10.9. The molecular formula is C26H22Cl2NO2P. The van der Waals surface area contributed by atoms with Crippen molar-refractivity contribution in [3.63, 3.8) is 0 Å². The quantitative estimate of drug-likeness (QED) is 0.283. The summed E-state index contributed by atoms with van der Waals surface area (Å²) in [6.07, 6.45) is 0. The van der Waals surface area contributed by atoms with Crippen molar-refractivity contribution in [2.45, 2.75) is 0 Å². The Hall–Kier alpha value is -2.71. The molecule has 0 fully saturated rings. The molecule has 3 nitrogen and oxygen atoms in total. The molecule has 0 atom stereocenters. The minimum absolute atomic E-state index is 0.553. The van der Waals surface area contributed by atoms with Gasteiger partial charge in [-0.15, -0.1) is 0 Å². The lowest BCUT2D eigenvalue weighted by atomic mass is 10.3.